The lowest BCUT2D eigenvalue weighted by Crippen LogP contribution is -2.27. The zero-order chi connectivity index (χ0) is 14.5. The highest BCUT2D eigenvalue weighted by atomic mass is 32.1. The summed E-state index contributed by atoms with van der Waals surface area (Å²) in [6.07, 6.45) is 6.16. The van der Waals surface area contributed by atoms with Gasteiger partial charge in [-0.15, -0.1) is 0 Å². The fourth-order valence-electron chi connectivity index (χ4n) is 2.90. The molecule has 1 aromatic rings. The standard InChI is InChI=1S/C16H22FNOS/c1-2-11-5-3-4-6-15(11)19-10-13-9-12(16(18)20)7-8-14(13)17/h7-9,11,15H,2-6,10H2,1H3,(H2,18,20). The number of ether oxygens (including phenoxy) is 1. The van der Waals surface area contributed by atoms with Crippen molar-refractivity contribution < 1.29 is 9.13 Å². The molecule has 4 heteroatoms. The van der Waals surface area contributed by atoms with Gasteiger partial charge in [0.2, 0.25) is 0 Å². The number of halogens is 1. The third kappa shape index (κ3) is 3.76. The second kappa shape index (κ2) is 7.14. The molecule has 0 spiro atoms. The van der Waals surface area contributed by atoms with Crippen LogP contribution in [0.5, 0.6) is 0 Å². The maximum atomic E-state index is 13.8. The van der Waals surface area contributed by atoms with Crippen molar-refractivity contribution in [3.8, 4) is 0 Å². The molecule has 0 aromatic heterocycles. The summed E-state index contributed by atoms with van der Waals surface area (Å²) in [5, 5.41) is 0. The SMILES string of the molecule is CCC1CCCCC1OCc1cc(C(N)=S)ccc1F. The molecule has 1 saturated carbocycles. The van der Waals surface area contributed by atoms with Crippen LogP contribution in [0.15, 0.2) is 18.2 Å². The summed E-state index contributed by atoms with van der Waals surface area (Å²) >= 11 is 4.93. The van der Waals surface area contributed by atoms with Gasteiger partial charge in [-0.2, -0.15) is 0 Å². The van der Waals surface area contributed by atoms with Crippen molar-refractivity contribution in [3.63, 3.8) is 0 Å². The van der Waals surface area contributed by atoms with E-state index < -0.39 is 0 Å². The van der Waals surface area contributed by atoms with Crippen molar-refractivity contribution in [2.75, 3.05) is 0 Å². The average Bonchev–Trinajstić information content (AvgIpc) is 2.46. The molecule has 2 N–H and O–H groups in total. The van der Waals surface area contributed by atoms with Crippen LogP contribution in [0.4, 0.5) is 4.39 Å². The lowest BCUT2D eigenvalue weighted by molar-refractivity contribution is -0.0231. The van der Waals surface area contributed by atoms with Crippen LogP contribution in [0, 0.1) is 11.7 Å². The molecule has 0 radical (unpaired) electrons. The van der Waals surface area contributed by atoms with Gasteiger partial charge in [-0.05, 0) is 37.0 Å². The molecule has 0 saturated heterocycles. The van der Waals surface area contributed by atoms with Crippen molar-refractivity contribution in [3.05, 3.63) is 35.1 Å². The molecule has 2 unspecified atom stereocenters. The van der Waals surface area contributed by atoms with E-state index in [0.29, 0.717) is 23.7 Å². The zero-order valence-electron chi connectivity index (χ0n) is 11.9. The normalized spacial score (nSPS) is 22.7. The Bertz CT molecular complexity index is 478. The van der Waals surface area contributed by atoms with Crippen LogP contribution in [-0.4, -0.2) is 11.1 Å². The van der Waals surface area contributed by atoms with E-state index in [4.69, 9.17) is 22.7 Å². The van der Waals surface area contributed by atoms with Crippen molar-refractivity contribution in [2.45, 2.75) is 51.7 Å². The molecule has 1 aliphatic carbocycles. The largest absolute Gasteiger partial charge is 0.389 e. The van der Waals surface area contributed by atoms with Crippen molar-refractivity contribution in [1.29, 1.82) is 0 Å². The van der Waals surface area contributed by atoms with Crippen LogP contribution in [0.25, 0.3) is 0 Å². The molecule has 2 nitrogen and oxygen atoms in total. The number of hydrogen-bond donors (Lipinski definition) is 1. The van der Waals surface area contributed by atoms with Crippen molar-refractivity contribution in [1.82, 2.24) is 0 Å². The number of nitrogens with two attached hydrogens (primary N) is 1. The first-order valence-corrected chi connectivity index (χ1v) is 7.72. The average molecular weight is 295 g/mol. The molecule has 1 aliphatic rings. The van der Waals surface area contributed by atoms with E-state index in [1.165, 1.54) is 25.3 Å². The smallest absolute Gasteiger partial charge is 0.128 e. The highest BCUT2D eigenvalue weighted by molar-refractivity contribution is 7.80. The molecular formula is C16H22FNOS. The Hall–Kier alpha value is -1.00. The Morgan fingerprint density at radius 1 is 1.40 bits per heavy atom. The number of hydrogen-bond acceptors (Lipinski definition) is 2. The van der Waals surface area contributed by atoms with Gasteiger partial charge < -0.3 is 10.5 Å². The van der Waals surface area contributed by atoms with Crippen LogP contribution < -0.4 is 5.73 Å². The molecule has 0 aliphatic heterocycles. The van der Waals surface area contributed by atoms with E-state index in [-0.39, 0.29) is 16.9 Å². The molecule has 2 atom stereocenters. The van der Waals surface area contributed by atoms with E-state index >= 15 is 0 Å². The van der Waals surface area contributed by atoms with E-state index in [0.717, 1.165) is 12.8 Å². The van der Waals surface area contributed by atoms with E-state index in [1.54, 1.807) is 12.1 Å². The summed E-state index contributed by atoms with van der Waals surface area (Å²) in [6, 6.07) is 4.71. The van der Waals surface area contributed by atoms with Gasteiger partial charge in [-0.3, -0.25) is 0 Å². The third-order valence-corrected chi connectivity index (χ3v) is 4.38. The summed E-state index contributed by atoms with van der Waals surface area (Å²) in [7, 11) is 0. The molecule has 0 heterocycles. The van der Waals surface area contributed by atoms with Gasteiger partial charge in [-0.1, -0.05) is 38.4 Å². The van der Waals surface area contributed by atoms with Gasteiger partial charge >= 0.3 is 0 Å². The summed E-state index contributed by atoms with van der Waals surface area (Å²) < 4.78 is 19.8. The van der Waals surface area contributed by atoms with E-state index in [2.05, 4.69) is 6.92 Å². The topological polar surface area (TPSA) is 35.2 Å². The van der Waals surface area contributed by atoms with Gasteiger partial charge in [0.25, 0.3) is 0 Å². The van der Waals surface area contributed by atoms with E-state index in [1.807, 2.05) is 0 Å². The predicted octanol–water partition coefficient (Wildman–Crippen LogP) is 3.95. The number of thiocarbonyl (C=S) groups is 1. The Morgan fingerprint density at radius 3 is 2.85 bits per heavy atom. The van der Waals surface area contributed by atoms with Crippen LogP contribution >= 0.6 is 12.2 Å². The Labute approximate surface area is 125 Å². The maximum Gasteiger partial charge on any atom is 0.128 e. The predicted molar refractivity (Wildman–Crippen MR) is 83.1 cm³/mol. The van der Waals surface area contributed by atoms with Gasteiger partial charge in [0, 0.05) is 11.1 Å². The van der Waals surface area contributed by atoms with Crippen LogP contribution in [-0.2, 0) is 11.3 Å². The summed E-state index contributed by atoms with van der Waals surface area (Å²) in [5.74, 6) is 0.347. The van der Waals surface area contributed by atoms with Crippen LogP contribution in [0.1, 0.15) is 50.2 Å². The second-order valence-corrected chi connectivity index (χ2v) is 5.91. The third-order valence-electron chi connectivity index (χ3n) is 4.15. The van der Waals surface area contributed by atoms with Gasteiger partial charge in [0.1, 0.15) is 10.8 Å². The van der Waals surface area contributed by atoms with Gasteiger partial charge in [0.15, 0.2) is 0 Å². The molecule has 20 heavy (non-hydrogen) atoms. The van der Waals surface area contributed by atoms with Gasteiger partial charge in [-0.25, -0.2) is 4.39 Å². The first kappa shape index (κ1) is 15.4. The first-order chi connectivity index (χ1) is 9.61. The minimum atomic E-state index is -0.256. The fraction of sp³-hybridized carbons (Fsp3) is 0.562. The summed E-state index contributed by atoms with van der Waals surface area (Å²) in [5.41, 5.74) is 6.81. The van der Waals surface area contributed by atoms with E-state index in [9.17, 15) is 4.39 Å². The highest BCUT2D eigenvalue weighted by Crippen LogP contribution is 2.30. The van der Waals surface area contributed by atoms with Crippen LogP contribution in [0.3, 0.4) is 0 Å². The van der Waals surface area contributed by atoms with Gasteiger partial charge in [0.05, 0.1) is 12.7 Å². The molecule has 110 valence electrons. The zero-order valence-corrected chi connectivity index (χ0v) is 12.7. The molecular weight excluding hydrogens is 273 g/mol. The number of benzene rings is 1. The quantitative estimate of drug-likeness (QED) is 0.836. The highest BCUT2D eigenvalue weighted by Gasteiger charge is 2.24. The molecule has 0 amide bonds. The monoisotopic (exact) mass is 295 g/mol. The molecule has 0 bridgehead atoms. The summed E-state index contributed by atoms with van der Waals surface area (Å²) in [4.78, 5) is 0.287. The second-order valence-electron chi connectivity index (χ2n) is 5.47. The van der Waals surface area contributed by atoms with Crippen molar-refractivity contribution >= 4 is 17.2 Å². The lowest BCUT2D eigenvalue weighted by Gasteiger charge is -2.30. The minimum Gasteiger partial charge on any atom is -0.389 e. The fourth-order valence-corrected chi connectivity index (χ4v) is 3.02. The number of rotatable bonds is 5. The molecule has 2 rings (SSSR count). The molecule has 1 fully saturated rings. The summed E-state index contributed by atoms with van der Waals surface area (Å²) in [6.45, 7) is 2.49. The Balaban J connectivity index is 2.02. The van der Waals surface area contributed by atoms with Crippen molar-refractivity contribution in [2.24, 2.45) is 11.7 Å². The van der Waals surface area contributed by atoms with Crippen LogP contribution in [0.2, 0.25) is 0 Å². The Kier molecular flexibility index (Phi) is 5.49. The maximum absolute atomic E-state index is 13.8. The molecule has 1 aromatic carbocycles. The minimum absolute atomic E-state index is 0.252. The Morgan fingerprint density at radius 2 is 2.15 bits per heavy atom. The first-order valence-electron chi connectivity index (χ1n) is 7.31. The lowest BCUT2D eigenvalue weighted by atomic mass is 9.85.